The van der Waals surface area contributed by atoms with Gasteiger partial charge in [0.05, 0.1) is 13.2 Å². The number of carbonyl (C=O) groups excluding carboxylic acids is 1. The smallest absolute Gasteiger partial charge is 0.341 e. The molecule has 0 radical (unpaired) electrons. The summed E-state index contributed by atoms with van der Waals surface area (Å²) in [4.78, 5) is 12.3. The zero-order chi connectivity index (χ0) is 23.0. The van der Waals surface area contributed by atoms with E-state index in [1.807, 2.05) is 13.8 Å². The highest BCUT2D eigenvalue weighted by Crippen LogP contribution is 2.27. The summed E-state index contributed by atoms with van der Waals surface area (Å²) in [5.41, 5.74) is -0.553. The van der Waals surface area contributed by atoms with Crippen LogP contribution in [0.1, 0.15) is 55.5 Å². The van der Waals surface area contributed by atoms with Crippen molar-refractivity contribution in [2.24, 2.45) is 0 Å². The van der Waals surface area contributed by atoms with Crippen LogP contribution in [0, 0.1) is 29.1 Å². The van der Waals surface area contributed by atoms with Crippen LogP contribution in [0.15, 0.2) is 18.2 Å². The third kappa shape index (κ3) is 6.08. The number of anilines is 1. The number of carbonyl (C=O) groups is 1. The van der Waals surface area contributed by atoms with E-state index in [-0.39, 0.29) is 23.6 Å². The van der Waals surface area contributed by atoms with Crippen molar-refractivity contribution in [3.63, 3.8) is 0 Å². The maximum Gasteiger partial charge on any atom is 0.341 e. The van der Waals surface area contributed by atoms with Gasteiger partial charge in [-0.25, -0.2) is 26.7 Å². The molecule has 170 valence electrons. The highest BCUT2D eigenvalue weighted by atomic mass is 19.2. The zero-order valence-corrected chi connectivity index (χ0v) is 17.3. The topological polar surface area (TPSA) is 47.6 Å². The molecule has 0 amide bonds. The second-order valence-corrected chi connectivity index (χ2v) is 6.80. The van der Waals surface area contributed by atoms with E-state index in [9.17, 15) is 26.7 Å². The normalized spacial score (nSPS) is 10.8. The fourth-order valence-electron chi connectivity index (χ4n) is 2.63. The molecule has 31 heavy (non-hydrogen) atoms. The van der Waals surface area contributed by atoms with Gasteiger partial charge >= 0.3 is 5.97 Å². The average molecular weight is 445 g/mol. The highest BCUT2D eigenvalue weighted by Gasteiger charge is 2.25. The molecule has 2 aromatic carbocycles. The molecule has 1 N–H and O–H groups in total. The first-order valence-electron chi connectivity index (χ1n) is 9.99. The molecule has 0 aliphatic heterocycles. The van der Waals surface area contributed by atoms with Crippen LogP contribution >= 0.6 is 0 Å². The van der Waals surface area contributed by atoms with Crippen LogP contribution in [0.25, 0.3) is 0 Å². The van der Waals surface area contributed by atoms with Gasteiger partial charge in [-0.1, -0.05) is 26.7 Å². The number of nitrogens with one attached hydrogen (secondary N) is 1. The van der Waals surface area contributed by atoms with E-state index in [0.29, 0.717) is 13.0 Å². The predicted molar refractivity (Wildman–Crippen MR) is 106 cm³/mol. The molecule has 9 heteroatoms. The Labute approximate surface area is 177 Å². The Bertz CT molecular complexity index is 891. The number of rotatable bonds is 11. The largest absolute Gasteiger partial charge is 0.493 e. The van der Waals surface area contributed by atoms with Crippen LogP contribution in [-0.4, -0.2) is 19.2 Å². The number of hydrogen-bond acceptors (Lipinski definition) is 4. The lowest BCUT2D eigenvalue weighted by molar-refractivity contribution is 0.0495. The fourth-order valence-corrected chi connectivity index (χ4v) is 2.63. The first-order valence-corrected chi connectivity index (χ1v) is 9.99. The highest BCUT2D eigenvalue weighted by molar-refractivity contribution is 5.93. The minimum absolute atomic E-state index is 0.175. The molecule has 0 heterocycles. The predicted octanol–water partition coefficient (Wildman–Crippen LogP) is 6.13. The quantitative estimate of drug-likeness (QED) is 0.149. The standard InChI is InChI=1S/C22H24F5NO3/c1-3-5-9-30-16-11-13(7-8-14(16)22(29)31-10-6-4-2)28-12-15-17(23)19(25)21(27)20(26)18(15)24/h7-8,11,28H,3-6,9-10,12H2,1-2H3. The maximum absolute atomic E-state index is 13.9. The van der Waals surface area contributed by atoms with Crippen molar-refractivity contribution in [1.82, 2.24) is 0 Å². The van der Waals surface area contributed by atoms with Gasteiger partial charge in [0, 0.05) is 23.9 Å². The van der Waals surface area contributed by atoms with E-state index in [1.165, 1.54) is 18.2 Å². The monoisotopic (exact) mass is 445 g/mol. The van der Waals surface area contributed by atoms with Gasteiger partial charge in [-0.3, -0.25) is 0 Å². The Morgan fingerprint density at radius 2 is 1.45 bits per heavy atom. The van der Waals surface area contributed by atoms with Crippen molar-refractivity contribution < 1.29 is 36.2 Å². The molecule has 4 nitrogen and oxygen atoms in total. The van der Waals surface area contributed by atoms with Crippen molar-refractivity contribution in [3.8, 4) is 5.75 Å². The van der Waals surface area contributed by atoms with Crippen molar-refractivity contribution in [1.29, 1.82) is 0 Å². The Hall–Kier alpha value is -2.84. The lowest BCUT2D eigenvalue weighted by Gasteiger charge is -2.15. The van der Waals surface area contributed by atoms with E-state index in [1.54, 1.807) is 0 Å². The molecule has 0 aromatic heterocycles. The molecule has 0 saturated heterocycles. The Morgan fingerprint density at radius 1 is 0.871 bits per heavy atom. The summed E-state index contributed by atoms with van der Waals surface area (Å²) in [5, 5.41) is 2.60. The first kappa shape index (κ1) is 24.4. The second-order valence-electron chi connectivity index (χ2n) is 6.80. The molecule has 0 aliphatic rings. The maximum atomic E-state index is 13.9. The summed E-state index contributed by atoms with van der Waals surface area (Å²) in [6.45, 7) is 3.83. The Balaban J connectivity index is 2.24. The SMILES string of the molecule is CCCCOC(=O)c1ccc(NCc2c(F)c(F)c(F)c(F)c2F)cc1OCCCC. The van der Waals surface area contributed by atoms with Crippen LogP contribution in [0.3, 0.4) is 0 Å². The summed E-state index contributed by atoms with van der Waals surface area (Å²) in [6, 6.07) is 4.25. The number of benzene rings is 2. The number of esters is 1. The molecule has 2 rings (SSSR count). The van der Waals surface area contributed by atoms with Crippen molar-refractivity contribution in [2.45, 2.75) is 46.1 Å². The van der Waals surface area contributed by atoms with Gasteiger partial charge in [0.1, 0.15) is 11.3 Å². The zero-order valence-electron chi connectivity index (χ0n) is 17.3. The van der Waals surface area contributed by atoms with E-state index in [0.717, 1.165) is 19.3 Å². The summed E-state index contributed by atoms with van der Waals surface area (Å²) in [7, 11) is 0. The van der Waals surface area contributed by atoms with Crippen molar-refractivity contribution in [3.05, 3.63) is 58.4 Å². The second kappa shape index (κ2) is 11.5. The number of ether oxygens (including phenoxy) is 2. The number of halogens is 5. The van der Waals surface area contributed by atoms with E-state index in [2.05, 4.69) is 5.32 Å². The molecule has 0 atom stereocenters. The summed E-state index contributed by atoms with van der Waals surface area (Å²) in [6.07, 6.45) is 3.15. The van der Waals surface area contributed by atoms with E-state index in [4.69, 9.17) is 9.47 Å². The lowest BCUT2D eigenvalue weighted by atomic mass is 10.1. The van der Waals surface area contributed by atoms with Crippen molar-refractivity contribution in [2.75, 3.05) is 18.5 Å². The molecular formula is C22H24F5NO3. The molecule has 0 aliphatic carbocycles. The third-order valence-corrected chi connectivity index (χ3v) is 4.46. The molecule has 0 spiro atoms. The van der Waals surface area contributed by atoms with Crippen molar-refractivity contribution >= 4 is 11.7 Å². The number of hydrogen-bond donors (Lipinski definition) is 1. The van der Waals surface area contributed by atoms with Gasteiger partial charge in [0.2, 0.25) is 5.82 Å². The molecule has 2 aromatic rings. The van der Waals surface area contributed by atoms with Gasteiger partial charge in [-0.15, -0.1) is 0 Å². The fraction of sp³-hybridized carbons (Fsp3) is 0.409. The van der Waals surface area contributed by atoms with Crippen LogP contribution in [-0.2, 0) is 11.3 Å². The van der Waals surface area contributed by atoms with Gasteiger partial charge in [-0.2, -0.15) is 0 Å². The van der Waals surface area contributed by atoms with Gasteiger partial charge in [-0.05, 0) is 25.0 Å². The average Bonchev–Trinajstić information content (AvgIpc) is 2.76. The van der Waals surface area contributed by atoms with Crippen LogP contribution in [0.5, 0.6) is 5.75 Å². The lowest BCUT2D eigenvalue weighted by Crippen LogP contribution is -2.12. The van der Waals surface area contributed by atoms with Crippen LogP contribution < -0.4 is 10.1 Å². The van der Waals surface area contributed by atoms with Gasteiger partial charge in [0.25, 0.3) is 0 Å². The minimum atomic E-state index is -2.21. The minimum Gasteiger partial charge on any atom is -0.493 e. The first-order chi connectivity index (χ1) is 14.8. The molecular weight excluding hydrogens is 421 g/mol. The Morgan fingerprint density at radius 3 is 2.06 bits per heavy atom. The Kier molecular flexibility index (Phi) is 9.08. The van der Waals surface area contributed by atoms with Crippen LogP contribution in [0.2, 0.25) is 0 Å². The molecule has 0 fully saturated rings. The summed E-state index contributed by atoms with van der Waals surface area (Å²) >= 11 is 0. The third-order valence-electron chi connectivity index (χ3n) is 4.46. The number of unbranched alkanes of at least 4 members (excludes halogenated alkanes) is 2. The van der Waals surface area contributed by atoms with Gasteiger partial charge < -0.3 is 14.8 Å². The summed E-state index contributed by atoms with van der Waals surface area (Å²) < 4.78 is 78.5. The van der Waals surface area contributed by atoms with Crippen LogP contribution in [0.4, 0.5) is 27.6 Å². The summed E-state index contributed by atoms with van der Waals surface area (Å²) in [5.74, 6) is -10.4. The van der Waals surface area contributed by atoms with E-state index < -0.39 is 47.2 Å². The molecule has 0 unspecified atom stereocenters. The van der Waals surface area contributed by atoms with E-state index >= 15 is 0 Å². The molecule has 0 saturated carbocycles. The molecule has 0 bridgehead atoms. The van der Waals surface area contributed by atoms with Gasteiger partial charge in [0.15, 0.2) is 23.3 Å².